The molecule has 0 spiro atoms. The zero-order chi connectivity index (χ0) is 12.5. The van der Waals surface area contributed by atoms with Crippen LogP contribution in [-0.4, -0.2) is 6.41 Å². The Morgan fingerprint density at radius 2 is 1.78 bits per heavy atom. The van der Waals surface area contributed by atoms with Crippen LogP contribution in [0.1, 0.15) is 0 Å². The quantitative estimate of drug-likeness (QED) is 0.565. The molecule has 0 saturated heterocycles. The molecule has 0 radical (unpaired) electrons. The van der Waals surface area contributed by atoms with Crippen molar-refractivity contribution in [2.24, 2.45) is 0 Å². The smallest absolute Gasteiger partial charge is 0.211 e. The van der Waals surface area contributed by atoms with Crippen LogP contribution in [0.15, 0.2) is 47.3 Å². The minimum absolute atomic E-state index is 0.00824. The summed E-state index contributed by atoms with van der Waals surface area (Å²) in [6.45, 7) is 0. The maximum atomic E-state index is 12.3. The van der Waals surface area contributed by atoms with Gasteiger partial charge in [0.05, 0.1) is 0 Å². The fourth-order valence-electron chi connectivity index (χ4n) is 1.96. The van der Waals surface area contributed by atoms with Gasteiger partial charge in [-0.05, 0) is 30.3 Å². The first kappa shape index (κ1) is 10.9. The lowest BCUT2D eigenvalue weighted by atomic mass is 10.1. The van der Waals surface area contributed by atoms with Gasteiger partial charge in [-0.25, -0.2) is 0 Å². The third-order valence-corrected chi connectivity index (χ3v) is 3.95. The molecule has 0 aliphatic heterocycles. The molecule has 1 heterocycles. The first-order valence-electron chi connectivity index (χ1n) is 5.45. The van der Waals surface area contributed by atoms with Crippen LogP contribution in [0.3, 0.4) is 0 Å². The van der Waals surface area contributed by atoms with Gasteiger partial charge < -0.3 is 5.32 Å². The summed E-state index contributed by atoms with van der Waals surface area (Å²) in [4.78, 5) is 22.8. The molecule has 3 rings (SSSR count). The van der Waals surface area contributed by atoms with Crippen molar-refractivity contribution in [1.29, 1.82) is 0 Å². The number of hydrogen-bond donors (Lipinski definition) is 1. The molecule has 3 aromatic rings. The van der Waals surface area contributed by atoms with Crippen molar-refractivity contribution in [3.8, 4) is 0 Å². The Kier molecular flexibility index (Phi) is 2.57. The van der Waals surface area contributed by atoms with E-state index in [0.29, 0.717) is 17.5 Å². The third kappa shape index (κ3) is 1.67. The Labute approximate surface area is 107 Å². The van der Waals surface area contributed by atoms with Gasteiger partial charge >= 0.3 is 0 Å². The molecule has 0 fully saturated rings. The lowest BCUT2D eigenvalue weighted by Crippen LogP contribution is -2.02. The highest BCUT2D eigenvalue weighted by Gasteiger charge is 2.05. The molecular weight excluding hydrogens is 246 g/mol. The largest absolute Gasteiger partial charge is 0.329 e. The molecule has 0 saturated carbocycles. The van der Waals surface area contributed by atoms with Gasteiger partial charge in [0, 0.05) is 25.9 Å². The lowest BCUT2D eigenvalue weighted by molar-refractivity contribution is -0.105. The molecule has 1 N–H and O–H groups in total. The fraction of sp³-hybridized carbons (Fsp3) is 0. The number of fused-ring (bicyclic) bond motifs is 2. The monoisotopic (exact) mass is 255 g/mol. The van der Waals surface area contributed by atoms with Crippen molar-refractivity contribution in [3.05, 3.63) is 52.7 Å². The molecule has 1 amide bonds. The minimum Gasteiger partial charge on any atom is -0.329 e. The highest BCUT2D eigenvalue weighted by atomic mass is 32.1. The Morgan fingerprint density at radius 3 is 2.61 bits per heavy atom. The summed E-state index contributed by atoms with van der Waals surface area (Å²) >= 11 is 1.58. The van der Waals surface area contributed by atoms with Crippen molar-refractivity contribution in [2.75, 3.05) is 5.32 Å². The summed E-state index contributed by atoms with van der Waals surface area (Å²) in [6, 6.07) is 12.9. The van der Waals surface area contributed by atoms with Crippen LogP contribution < -0.4 is 10.7 Å². The first-order chi connectivity index (χ1) is 8.79. The van der Waals surface area contributed by atoms with Crippen molar-refractivity contribution >= 4 is 43.6 Å². The van der Waals surface area contributed by atoms with Crippen molar-refractivity contribution in [3.63, 3.8) is 0 Å². The van der Waals surface area contributed by atoms with Crippen molar-refractivity contribution in [2.45, 2.75) is 0 Å². The van der Waals surface area contributed by atoms with Crippen molar-refractivity contribution < 1.29 is 4.79 Å². The Hall–Kier alpha value is -2.20. The molecule has 0 aliphatic rings. The van der Waals surface area contributed by atoms with E-state index in [1.165, 1.54) is 0 Å². The maximum absolute atomic E-state index is 12.3. The van der Waals surface area contributed by atoms with Gasteiger partial charge in [-0.1, -0.05) is 12.1 Å². The van der Waals surface area contributed by atoms with Crippen LogP contribution in [0.25, 0.3) is 20.2 Å². The summed E-state index contributed by atoms with van der Waals surface area (Å²) in [6.07, 6.45) is 0.607. The number of benzene rings is 2. The Balaban J connectivity index is 2.41. The standard InChI is InChI=1S/C14H9NO2S/c16-8-15-9-5-6-13-11(7-9)14(17)10-3-1-2-4-12(10)18-13/h1-8H,(H,15,16). The van der Waals surface area contributed by atoms with Gasteiger partial charge in [-0.3, -0.25) is 9.59 Å². The van der Waals surface area contributed by atoms with Crippen LogP contribution >= 0.6 is 11.3 Å². The zero-order valence-electron chi connectivity index (χ0n) is 9.34. The molecule has 0 unspecified atom stereocenters. The summed E-state index contributed by atoms with van der Waals surface area (Å²) in [5.74, 6) is 0. The Morgan fingerprint density at radius 1 is 1.00 bits per heavy atom. The molecule has 0 aliphatic carbocycles. The zero-order valence-corrected chi connectivity index (χ0v) is 10.2. The number of carbonyl (C=O) groups is 1. The van der Waals surface area contributed by atoms with Gasteiger partial charge in [0.1, 0.15) is 0 Å². The average molecular weight is 255 g/mol. The molecule has 88 valence electrons. The van der Waals surface area contributed by atoms with Gasteiger partial charge in [-0.2, -0.15) is 0 Å². The van der Waals surface area contributed by atoms with Crippen molar-refractivity contribution in [1.82, 2.24) is 0 Å². The summed E-state index contributed by atoms with van der Waals surface area (Å²) < 4.78 is 1.90. The van der Waals surface area contributed by atoms with Gasteiger partial charge in [0.15, 0.2) is 5.43 Å². The molecule has 1 aromatic heterocycles. The van der Waals surface area contributed by atoms with E-state index in [2.05, 4.69) is 5.32 Å². The van der Waals surface area contributed by atoms with E-state index in [4.69, 9.17) is 0 Å². The number of hydrogen-bond acceptors (Lipinski definition) is 3. The summed E-state index contributed by atoms with van der Waals surface area (Å²) in [5.41, 5.74) is 0.644. The van der Waals surface area contributed by atoms with E-state index in [1.54, 1.807) is 23.5 Å². The van der Waals surface area contributed by atoms with Crippen LogP contribution in [0, 0.1) is 0 Å². The van der Waals surface area contributed by atoms with Crippen LogP contribution in [0.4, 0.5) is 5.69 Å². The van der Waals surface area contributed by atoms with Crippen LogP contribution in [-0.2, 0) is 4.79 Å². The fourth-order valence-corrected chi connectivity index (χ4v) is 3.01. The summed E-state index contributed by atoms with van der Waals surface area (Å²) in [7, 11) is 0. The van der Waals surface area contributed by atoms with E-state index in [1.807, 2.05) is 30.3 Å². The van der Waals surface area contributed by atoms with Crippen LogP contribution in [0.5, 0.6) is 0 Å². The predicted octanol–water partition coefficient (Wildman–Crippen LogP) is 2.98. The number of rotatable bonds is 2. The lowest BCUT2D eigenvalue weighted by Gasteiger charge is -2.03. The van der Waals surface area contributed by atoms with E-state index >= 15 is 0 Å². The minimum atomic E-state index is 0.00824. The third-order valence-electron chi connectivity index (χ3n) is 2.80. The molecule has 3 nitrogen and oxygen atoms in total. The van der Waals surface area contributed by atoms with Gasteiger partial charge in [0.25, 0.3) is 0 Å². The summed E-state index contributed by atoms with van der Waals surface area (Å²) in [5, 5.41) is 3.92. The molecule has 18 heavy (non-hydrogen) atoms. The normalized spacial score (nSPS) is 10.7. The molecule has 4 heteroatoms. The second-order valence-electron chi connectivity index (χ2n) is 3.90. The van der Waals surface area contributed by atoms with Gasteiger partial charge in [0.2, 0.25) is 6.41 Å². The van der Waals surface area contributed by atoms with E-state index in [-0.39, 0.29) is 5.43 Å². The van der Waals surface area contributed by atoms with E-state index < -0.39 is 0 Å². The number of anilines is 1. The number of carbonyl (C=O) groups excluding carboxylic acids is 1. The molecule has 2 aromatic carbocycles. The van der Waals surface area contributed by atoms with E-state index in [0.717, 1.165) is 14.8 Å². The second kappa shape index (κ2) is 4.23. The topological polar surface area (TPSA) is 46.2 Å². The first-order valence-corrected chi connectivity index (χ1v) is 6.27. The molecule has 0 bridgehead atoms. The second-order valence-corrected chi connectivity index (χ2v) is 4.98. The SMILES string of the molecule is O=CNc1ccc2sc3ccccc3c(=O)c2c1. The highest BCUT2D eigenvalue weighted by molar-refractivity contribution is 7.24. The number of nitrogens with one attached hydrogen (secondary N) is 1. The molecule has 0 atom stereocenters. The van der Waals surface area contributed by atoms with Gasteiger partial charge in [-0.15, -0.1) is 11.3 Å². The average Bonchev–Trinajstić information content (AvgIpc) is 2.40. The maximum Gasteiger partial charge on any atom is 0.211 e. The predicted molar refractivity (Wildman–Crippen MR) is 75.3 cm³/mol. The van der Waals surface area contributed by atoms with Crippen LogP contribution in [0.2, 0.25) is 0 Å². The highest BCUT2D eigenvalue weighted by Crippen LogP contribution is 2.26. The number of amides is 1. The van der Waals surface area contributed by atoms with E-state index in [9.17, 15) is 9.59 Å². The molecular formula is C14H9NO2S. The Bertz CT molecular complexity index is 808.